The van der Waals surface area contributed by atoms with Crippen molar-refractivity contribution in [1.29, 1.82) is 0 Å². The molecule has 1 atom stereocenters. The Morgan fingerprint density at radius 3 is 2.92 bits per heavy atom. The third-order valence-electron chi connectivity index (χ3n) is 4.57. The Morgan fingerprint density at radius 1 is 1.19 bits per heavy atom. The molecule has 1 aliphatic heterocycles. The zero-order chi connectivity index (χ0) is 17.9. The van der Waals surface area contributed by atoms with Gasteiger partial charge in [0, 0.05) is 22.4 Å². The number of nitrogens with zero attached hydrogens (tertiary/aromatic N) is 1. The fourth-order valence-electron chi connectivity index (χ4n) is 3.32. The minimum absolute atomic E-state index is 0.0208. The van der Waals surface area contributed by atoms with Crippen LogP contribution in [0.5, 0.6) is 5.75 Å². The SMILES string of the molecule is COc1cccc(/C=C/C(=O)N2CCc3sccc3C2c2cccs2)c1. The normalized spacial score (nSPS) is 16.7. The van der Waals surface area contributed by atoms with E-state index in [1.54, 1.807) is 35.9 Å². The highest BCUT2D eigenvalue weighted by molar-refractivity contribution is 7.10. The van der Waals surface area contributed by atoms with E-state index in [9.17, 15) is 4.79 Å². The molecular weight excluding hydrogens is 362 g/mol. The highest BCUT2D eigenvalue weighted by atomic mass is 32.1. The van der Waals surface area contributed by atoms with Gasteiger partial charge in [0.2, 0.25) is 5.91 Å². The molecule has 0 aliphatic carbocycles. The molecular formula is C21H19NO2S2. The fraction of sp³-hybridized carbons (Fsp3) is 0.190. The van der Waals surface area contributed by atoms with E-state index in [2.05, 4.69) is 29.0 Å². The Balaban J connectivity index is 1.61. The largest absolute Gasteiger partial charge is 0.497 e. The maximum Gasteiger partial charge on any atom is 0.247 e. The molecule has 1 aliphatic rings. The van der Waals surface area contributed by atoms with Crippen molar-refractivity contribution in [1.82, 2.24) is 4.90 Å². The maximum atomic E-state index is 13.0. The molecule has 26 heavy (non-hydrogen) atoms. The topological polar surface area (TPSA) is 29.5 Å². The molecule has 3 nitrogen and oxygen atoms in total. The highest BCUT2D eigenvalue weighted by Crippen LogP contribution is 2.39. The summed E-state index contributed by atoms with van der Waals surface area (Å²) in [7, 11) is 1.64. The van der Waals surface area contributed by atoms with Crippen LogP contribution in [0.15, 0.2) is 59.3 Å². The van der Waals surface area contributed by atoms with E-state index in [4.69, 9.17) is 4.74 Å². The molecule has 0 saturated heterocycles. The number of rotatable bonds is 4. The number of carbonyl (C=O) groups excluding carboxylic acids is 1. The number of fused-ring (bicyclic) bond motifs is 1. The smallest absolute Gasteiger partial charge is 0.247 e. The van der Waals surface area contributed by atoms with Crippen LogP contribution < -0.4 is 4.74 Å². The van der Waals surface area contributed by atoms with Gasteiger partial charge in [0.15, 0.2) is 0 Å². The van der Waals surface area contributed by atoms with E-state index in [0.29, 0.717) is 0 Å². The molecule has 0 saturated carbocycles. The first-order valence-electron chi connectivity index (χ1n) is 8.48. The van der Waals surface area contributed by atoms with Crippen LogP contribution in [0.3, 0.4) is 0 Å². The average Bonchev–Trinajstić information content (AvgIpc) is 3.37. The number of methoxy groups -OCH3 is 1. The number of carbonyl (C=O) groups is 1. The first kappa shape index (κ1) is 17.1. The lowest BCUT2D eigenvalue weighted by Crippen LogP contribution is -2.38. The van der Waals surface area contributed by atoms with Crippen LogP contribution in [0.2, 0.25) is 0 Å². The lowest BCUT2D eigenvalue weighted by molar-refractivity contribution is -0.127. The summed E-state index contributed by atoms with van der Waals surface area (Å²) in [5.41, 5.74) is 2.23. The van der Waals surface area contributed by atoms with Gasteiger partial charge in [-0.25, -0.2) is 0 Å². The van der Waals surface area contributed by atoms with Gasteiger partial charge in [-0.3, -0.25) is 4.79 Å². The van der Waals surface area contributed by atoms with Gasteiger partial charge >= 0.3 is 0 Å². The molecule has 0 radical (unpaired) electrons. The molecule has 0 N–H and O–H groups in total. The van der Waals surface area contributed by atoms with Gasteiger partial charge in [-0.2, -0.15) is 0 Å². The number of hydrogen-bond acceptors (Lipinski definition) is 4. The van der Waals surface area contributed by atoms with Crippen molar-refractivity contribution in [2.75, 3.05) is 13.7 Å². The lowest BCUT2D eigenvalue weighted by atomic mass is 9.98. The molecule has 3 aromatic rings. The van der Waals surface area contributed by atoms with Crippen molar-refractivity contribution in [2.24, 2.45) is 0 Å². The molecule has 3 heterocycles. The van der Waals surface area contributed by atoms with Crippen LogP contribution in [0, 0.1) is 0 Å². The summed E-state index contributed by atoms with van der Waals surface area (Å²) in [5.74, 6) is 0.833. The molecule has 0 bridgehead atoms. The Labute approximate surface area is 161 Å². The number of thiophene rings is 2. The average molecular weight is 382 g/mol. The van der Waals surface area contributed by atoms with Gasteiger partial charge in [0.05, 0.1) is 13.2 Å². The zero-order valence-corrected chi connectivity index (χ0v) is 16.1. The molecule has 5 heteroatoms. The van der Waals surface area contributed by atoms with Crippen molar-refractivity contribution >= 4 is 34.7 Å². The summed E-state index contributed by atoms with van der Waals surface area (Å²) < 4.78 is 5.25. The van der Waals surface area contributed by atoms with Crippen molar-refractivity contribution in [3.05, 3.63) is 80.2 Å². The molecule has 1 amide bonds. The van der Waals surface area contributed by atoms with E-state index in [-0.39, 0.29) is 11.9 Å². The Morgan fingerprint density at radius 2 is 2.12 bits per heavy atom. The summed E-state index contributed by atoms with van der Waals surface area (Å²) in [5, 5.41) is 4.20. The van der Waals surface area contributed by atoms with E-state index in [0.717, 1.165) is 24.3 Å². The third kappa shape index (κ3) is 3.32. The van der Waals surface area contributed by atoms with Crippen LogP contribution in [-0.2, 0) is 11.2 Å². The monoisotopic (exact) mass is 381 g/mol. The highest BCUT2D eigenvalue weighted by Gasteiger charge is 2.32. The van der Waals surface area contributed by atoms with Crippen LogP contribution in [-0.4, -0.2) is 24.5 Å². The molecule has 0 fully saturated rings. The molecule has 4 rings (SSSR count). The maximum absolute atomic E-state index is 13.0. The van der Waals surface area contributed by atoms with E-state index >= 15 is 0 Å². The van der Waals surface area contributed by atoms with Crippen molar-refractivity contribution < 1.29 is 9.53 Å². The quantitative estimate of drug-likeness (QED) is 0.595. The molecule has 1 aromatic carbocycles. The van der Waals surface area contributed by atoms with Gasteiger partial charge in [0.1, 0.15) is 5.75 Å². The van der Waals surface area contributed by atoms with Gasteiger partial charge in [0.25, 0.3) is 0 Å². The van der Waals surface area contributed by atoms with Gasteiger partial charge in [-0.05, 0) is 58.6 Å². The van der Waals surface area contributed by atoms with E-state index in [1.807, 2.05) is 35.2 Å². The third-order valence-corrected chi connectivity index (χ3v) is 6.50. The van der Waals surface area contributed by atoms with Crippen molar-refractivity contribution in [2.45, 2.75) is 12.5 Å². The fourth-order valence-corrected chi connectivity index (χ4v) is 5.07. The van der Waals surface area contributed by atoms with Gasteiger partial charge < -0.3 is 9.64 Å². The predicted molar refractivity (Wildman–Crippen MR) is 108 cm³/mol. The van der Waals surface area contributed by atoms with Gasteiger partial charge in [-0.1, -0.05) is 18.2 Å². The van der Waals surface area contributed by atoms with Crippen LogP contribution in [0.1, 0.15) is 26.9 Å². The minimum Gasteiger partial charge on any atom is -0.497 e. The van der Waals surface area contributed by atoms with E-state index in [1.165, 1.54) is 15.3 Å². The minimum atomic E-state index is 0.0208. The Kier molecular flexibility index (Phi) is 4.91. The number of benzene rings is 1. The van der Waals surface area contributed by atoms with Crippen LogP contribution in [0.4, 0.5) is 0 Å². The van der Waals surface area contributed by atoms with Crippen molar-refractivity contribution in [3.63, 3.8) is 0 Å². The zero-order valence-electron chi connectivity index (χ0n) is 14.4. The lowest BCUT2D eigenvalue weighted by Gasteiger charge is -2.34. The molecule has 2 aromatic heterocycles. The van der Waals surface area contributed by atoms with Crippen molar-refractivity contribution in [3.8, 4) is 5.75 Å². The summed E-state index contributed by atoms with van der Waals surface area (Å²) in [4.78, 5) is 17.6. The first-order valence-corrected chi connectivity index (χ1v) is 10.2. The second kappa shape index (κ2) is 7.48. The van der Waals surface area contributed by atoms with E-state index < -0.39 is 0 Å². The molecule has 132 valence electrons. The standard InChI is InChI=1S/C21H19NO2S2/c1-24-16-5-2-4-15(14-16)7-8-20(23)22-11-9-18-17(10-13-26-18)21(22)19-6-3-12-25-19/h2-8,10,12-14,21H,9,11H2,1H3/b8-7+. The second-order valence-electron chi connectivity index (χ2n) is 6.11. The molecule has 1 unspecified atom stereocenters. The number of ether oxygens (including phenoxy) is 1. The van der Waals surface area contributed by atoms with Crippen LogP contribution >= 0.6 is 22.7 Å². The first-order chi connectivity index (χ1) is 12.8. The summed E-state index contributed by atoms with van der Waals surface area (Å²) in [6.07, 6.45) is 4.46. The second-order valence-corrected chi connectivity index (χ2v) is 8.09. The number of amides is 1. The molecule has 0 spiro atoms. The Hall–Kier alpha value is -2.37. The van der Waals surface area contributed by atoms with Crippen LogP contribution in [0.25, 0.3) is 6.08 Å². The number of hydrogen-bond donors (Lipinski definition) is 0. The van der Waals surface area contributed by atoms with Gasteiger partial charge in [-0.15, -0.1) is 22.7 Å². The predicted octanol–water partition coefficient (Wildman–Crippen LogP) is 5.01. The summed E-state index contributed by atoms with van der Waals surface area (Å²) >= 11 is 3.50. The summed E-state index contributed by atoms with van der Waals surface area (Å²) in [6, 6.07) is 14.1. The summed E-state index contributed by atoms with van der Waals surface area (Å²) in [6.45, 7) is 0.747. The Bertz CT molecular complexity index is 927.